The molecule has 0 bridgehead atoms. The molecule has 0 aromatic heterocycles. The molecule has 28 heteroatoms. The van der Waals surface area contributed by atoms with Crippen molar-refractivity contribution < 1.29 is 124 Å². The first-order valence-electron chi connectivity index (χ1n) is 8.98. The van der Waals surface area contributed by atoms with Crippen molar-refractivity contribution in [2.45, 2.75) is 77.6 Å². The molecule has 0 aromatic rings. The summed E-state index contributed by atoms with van der Waals surface area (Å²) in [6, 6.07) is 0. The summed E-state index contributed by atoms with van der Waals surface area (Å²) >= 11 is 0. The smallest absolute Gasteiger partial charge is 0.315 e. The second kappa shape index (κ2) is 9.56. The van der Waals surface area contributed by atoms with E-state index in [1.54, 1.807) is 0 Å². The van der Waals surface area contributed by atoms with Gasteiger partial charge in [0.05, 0.1) is 0 Å². The Balaban J connectivity index is 3.84. The van der Waals surface area contributed by atoms with E-state index in [9.17, 15) is 110 Å². The highest BCUT2D eigenvalue weighted by molar-refractivity contribution is 5.20. The van der Waals surface area contributed by atoms with Crippen LogP contribution in [0.3, 0.4) is 0 Å². The van der Waals surface area contributed by atoms with Gasteiger partial charge in [0, 0.05) is 0 Å². The molecule has 0 aliphatic carbocycles. The van der Waals surface area contributed by atoms with Gasteiger partial charge in [-0.2, -0.15) is 115 Å². The molecule has 252 valence electrons. The van der Waals surface area contributed by atoms with Gasteiger partial charge in [0.25, 0.3) is 6.29 Å². The first kappa shape index (κ1) is 38.2. The van der Waals surface area contributed by atoms with Crippen LogP contribution >= 0.6 is 0 Å². The number of hydrogen-bond donors (Lipinski definition) is 0. The van der Waals surface area contributed by atoms with Gasteiger partial charge < -0.3 is 4.74 Å². The van der Waals surface area contributed by atoms with Crippen LogP contribution in [0.5, 0.6) is 0 Å². The van der Waals surface area contributed by atoms with E-state index in [1.807, 2.05) is 0 Å². The molecular formula is C14H3F25O3. The molecule has 1 aliphatic rings. The lowest BCUT2D eigenvalue weighted by atomic mass is 9.84. The van der Waals surface area contributed by atoms with Crippen molar-refractivity contribution in [1.29, 1.82) is 0 Å². The molecule has 1 saturated heterocycles. The van der Waals surface area contributed by atoms with Crippen molar-refractivity contribution in [3.05, 3.63) is 0 Å². The van der Waals surface area contributed by atoms with E-state index in [2.05, 4.69) is 14.5 Å². The summed E-state index contributed by atoms with van der Waals surface area (Å²) in [5.41, 5.74) is 0. The fraction of sp³-hybridized carbons (Fsp3) is 1.00. The molecule has 0 aromatic carbocycles. The molecule has 1 rings (SSSR count). The maximum atomic E-state index is 13.7. The number of rotatable bonds is 11. The normalized spacial score (nSPS) is 20.4. The average molecular weight is 694 g/mol. The molecule has 42 heavy (non-hydrogen) atoms. The van der Waals surface area contributed by atoms with Gasteiger partial charge >= 0.3 is 71.3 Å². The first-order valence-corrected chi connectivity index (χ1v) is 8.98. The highest BCUT2D eigenvalue weighted by atomic mass is 19.4. The Hall–Kier alpha value is -1.87. The minimum atomic E-state index is -9.62. The Bertz CT molecular complexity index is 989. The topological polar surface area (TPSA) is 27.7 Å². The molecule has 1 unspecified atom stereocenters. The summed E-state index contributed by atoms with van der Waals surface area (Å²) in [5, 5.41) is 0. The lowest BCUT2D eigenvalue weighted by Gasteiger charge is -2.45. The maximum Gasteiger partial charge on any atom is 0.460 e. The molecule has 1 atom stereocenters. The summed E-state index contributed by atoms with van der Waals surface area (Å²) in [7, 11) is 0. The zero-order valence-corrected chi connectivity index (χ0v) is 18.0. The second-order valence-corrected chi connectivity index (χ2v) is 7.70. The van der Waals surface area contributed by atoms with E-state index in [1.165, 1.54) is 0 Å². The Morgan fingerprint density at radius 1 is 0.333 bits per heavy atom. The number of ether oxygens (including phenoxy) is 1. The van der Waals surface area contributed by atoms with Crippen LogP contribution in [0.4, 0.5) is 110 Å². The lowest BCUT2D eigenvalue weighted by molar-refractivity contribution is -0.485. The molecule has 1 fully saturated rings. The SMILES string of the molecule is FC(F)(F)C(F)(F)C(F)(F)C(F)(F)C(F)(F)C(F)(F)C(F)(F)C(F)(F)C(F)(F)C(F)(F)C(F)(F)C(F)(F)C1OCOO1. The van der Waals surface area contributed by atoms with Crippen LogP contribution in [0.2, 0.25) is 0 Å². The summed E-state index contributed by atoms with van der Waals surface area (Å²) in [4.78, 5) is 6.27. The average Bonchev–Trinajstić information content (AvgIpc) is 3.32. The van der Waals surface area contributed by atoms with Crippen LogP contribution in [0.25, 0.3) is 0 Å². The van der Waals surface area contributed by atoms with Gasteiger partial charge in [-0.25, -0.2) is 4.89 Å². The third-order valence-corrected chi connectivity index (χ3v) is 5.04. The highest BCUT2D eigenvalue weighted by Gasteiger charge is 2.99. The quantitative estimate of drug-likeness (QED) is 0.163. The zero-order valence-electron chi connectivity index (χ0n) is 18.0. The number of halogens is 25. The van der Waals surface area contributed by atoms with Crippen molar-refractivity contribution >= 4 is 0 Å². The van der Waals surface area contributed by atoms with Crippen molar-refractivity contribution in [1.82, 2.24) is 0 Å². The van der Waals surface area contributed by atoms with Gasteiger partial charge in [-0.1, -0.05) is 0 Å². The fourth-order valence-corrected chi connectivity index (χ4v) is 2.48. The predicted molar refractivity (Wildman–Crippen MR) is 72.4 cm³/mol. The third-order valence-electron chi connectivity index (χ3n) is 5.04. The van der Waals surface area contributed by atoms with Crippen molar-refractivity contribution in [3.8, 4) is 0 Å². The summed E-state index contributed by atoms with van der Waals surface area (Å²) in [6.45, 7) is -1.76. The molecule has 0 N–H and O–H groups in total. The molecule has 1 aliphatic heterocycles. The van der Waals surface area contributed by atoms with Crippen LogP contribution in [0, 0.1) is 0 Å². The van der Waals surface area contributed by atoms with E-state index in [0.29, 0.717) is 0 Å². The molecule has 0 saturated carbocycles. The predicted octanol–water partition coefficient (Wildman–Crippen LogP) is 7.80. The van der Waals surface area contributed by atoms with Crippen LogP contribution < -0.4 is 0 Å². The zero-order chi connectivity index (χ0) is 34.4. The largest absolute Gasteiger partial charge is 0.460 e. The molecule has 0 spiro atoms. The monoisotopic (exact) mass is 694 g/mol. The third kappa shape index (κ3) is 4.33. The van der Waals surface area contributed by atoms with E-state index >= 15 is 0 Å². The van der Waals surface area contributed by atoms with Gasteiger partial charge in [-0.15, -0.1) is 0 Å². The van der Waals surface area contributed by atoms with E-state index in [0.717, 1.165) is 0 Å². The van der Waals surface area contributed by atoms with Crippen molar-refractivity contribution in [3.63, 3.8) is 0 Å². The van der Waals surface area contributed by atoms with E-state index < -0.39 is 84.4 Å². The minimum absolute atomic E-state index is 1.76. The van der Waals surface area contributed by atoms with Crippen LogP contribution in [-0.4, -0.2) is 84.4 Å². The van der Waals surface area contributed by atoms with Crippen LogP contribution in [-0.2, 0) is 14.5 Å². The first-order chi connectivity index (χ1) is 17.9. The molecule has 0 radical (unpaired) electrons. The van der Waals surface area contributed by atoms with Gasteiger partial charge in [-0.05, 0) is 0 Å². The molecule has 1 heterocycles. The summed E-state index contributed by atoms with van der Waals surface area (Å²) < 4.78 is 336. The van der Waals surface area contributed by atoms with E-state index in [-0.39, 0.29) is 0 Å². The lowest BCUT2D eigenvalue weighted by Crippen LogP contribution is -2.78. The maximum absolute atomic E-state index is 13.7. The summed E-state index contributed by atoms with van der Waals surface area (Å²) in [6.07, 6.45) is -12.5. The second-order valence-electron chi connectivity index (χ2n) is 7.70. The summed E-state index contributed by atoms with van der Waals surface area (Å²) in [5.74, 6) is -99.2. The van der Waals surface area contributed by atoms with E-state index in [4.69, 9.17) is 0 Å². The van der Waals surface area contributed by atoms with Gasteiger partial charge in [0.1, 0.15) is 0 Å². The van der Waals surface area contributed by atoms with Crippen LogP contribution in [0.1, 0.15) is 0 Å². The molecular weight excluding hydrogens is 691 g/mol. The number of alkyl halides is 25. The van der Waals surface area contributed by atoms with Crippen LogP contribution in [0.15, 0.2) is 0 Å². The highest BCUT2D eigenvalue weighted by Crippen LogP contribution is 2.68. The minimum Gasteiger partial charge on any atom is -0.315 e. The number of hydrogen-bond acceptors (Lipinski definition) is 3. The standard InChI is InChI=1S/C14H3F25O3/c15-3(16,2-40-1-41-42-2)4(17,18)5(19,20)6(21,22)7(23,24)8(25,26)9(27,28)10(29,30)11(31,32)12(33,34)13(35,36)14(37,38)39/h2H,1H2. The fourth-order valence-electron chi connectivity index (χ4n) is 2.48. The Kier molecular flexibility index (Phi) is 8.69. The Morgan fingerprint density at radius 2 is 0.571 bits per heavy atom. The van der Waals surface area contributed by atoms with Gasteiger partial charge in [-0.3, -0.25) is 0 Å². The Labute approximate surface area is 210 Å². The van der Waals surface area contributed by atoms with Crippen molar-refractivity contribution in [2.75, 3.05) is 6.79 Å². The van der Waals surface area contributed by atoms with Crippen molar-refractivity contribution in [2.24, 2.45) is 0 Å². The molecule has 0 amide bonds. The Morgan fingerprint density at radius 3 is 0.786 bits per heavy atom. The molecule has 3 nitrogen and oxygen atoms in total. The van der Waals surface area contributed by atoms with Gasteiger partial charge in [0.15, 0.2) is 6.79 Å². The van der Waals surface area contributed by atoms with Gasteiger partial charge in [0.2, 0.25) is 0 Å².